The van der Waals surface area contributed by atoms with Gasteiger partial charge in [0.25, 0.3) is 0 Å². The molecule has 2 aromatic rings. The molecule has 0 fully saturated rings. The molecule has 0 spiro atoms. The van der Waals surface area contributed by atoms with Gasteiger partial charge in [-0.05, 0) is 36.4 Å². The van der Waals surface area contributed by atoms with Crippen LogP contribution < -0.4 is 11.1 Å². The first kappa shape index (κ1) is 16.9. The molecule has 23 heavy (non-hydrogen) atoms. The van der Waals surface area contributed by atoms with Gasteiger partial charge in [-0.1, -0.05) is 11.1 Å². The average molecular weight is 334 g/mol. The van der Waals surface area contributed by atoms with Crippen LogP contribution in [0.1, 0.15) is 6.92 Å². The normalized spacial score (nSPS) is 10.9. The van der Waals surface area contributed by atoms with Crippen molar-refractivity contribution < 1.29 is 19.4 Å². The Bertz CT molecular complexity index is 724. The van der Waals surface area contributed by atoms with Crippen molar-refractivity contribution in [1.82, 2.24) is 0 Å². The summed E-state index contributed by atoms with van der Waals surface area (Å²) in [7, 11) is 0. The minimum atomic E-state index is -0.230. The molecule has 0 saturated carbocycles. The monoisotopic (exact) mass is 334 g/mol. The highest BCUT2D eigenvalue weighted by Crippen LogP contribution is 2.30. The van der Waals surface area contributed by atoms with E-state index in [2.05, 4.69) is 24.9 Å². The number of amides is 1. The molecule has 0 aliphatic carbocycles. The molecule has 9 heteroatoms. The first-order chi connectivity index (χ1) is 11.1. The molecule has 0 aliphatic heterocycles. The van der Waals surface area contributed by atoms with Crippen molar-refractivity contribution in [2.75, 3.05) is 11.1 Å². The number of carbonyl (C=O) groups is 1. The molecular weight excluding hydrogens is 320 g/mol. The summed E-state index contributed by atoms with van der Waals surface area (Å²) in [4.78, 5) is 11.9. The molecule has 0 radical (unpaired) electrons. The highest BCUT2D eigenvalue weighted by molar-refractivity contribution is 7.94. The lowest BCUT2D eigenvalue weighted by Crippen LogP contribution is -2.06. The summed E-state index contributed by atoms with van der Waals surface area (Å²) in [6.45, 7) is 1.40. The average Bonchev–Trinajstić information content (AvgIpc) is 2.52. The second-order valence-electron chi connectivity index (χ2n) is 4.38. The molecule has 0 heterocycles. The van der Waals surface area contributed by atoms with E-state index in [0.717, 1.165) is 12.0 Å². The summed E-state index contributed by atoms with van der Waals surface area (Å²) < 4.78 is 4.35. The van der Waals surface area contributed by atoms with E-state index >= 15 is 0 Å². The van der Waals surface area contributed by atoms with Crippen molar-refractivity contribution in [3.05, 3.63) is 42.5 Å². The Labute approximate surface area is 136 Å². The number of carbonyl (C=O) groups excluding carboxylic acids is 1. The Morgan fingerprint density at radius 2 is 2.09 bits per heavy atom. The zero-order valence-electron chi connectivity index (χ0n) is 12.1. The smallest absolute Gasteiger partial charge is 0.221 e. The predicted molar refractivity (Wildman–Crippen MR) is 86.4 cm³/mol. The molecule has 0 atom stereocenters. The van der Waals surface area contributed by atoms with Gasteiger partial charge >= 0.3 is 0 Å². The topological polar surface area (TPSA) is 119 Å². The van der Waals surface area contributed by atoms with Gasteiger partial charge in [-0.3, -0.25) is 4.79 Å². The summed E-state index contributed by atoms with van der Waals surface area (Å²) >= 11 is 0.822. The van der Waals surface area contributed by atoms with Gasteiger partial charge < -0.3 is 11.1 Å². The Morgan fingerprint density at radius 1 is 1.26 bits per heavy atom. The van der Waals surface area contributed by atoms with Crippen LogP contribution in [0.4, 0.5) is 22.7 Å². The lowest BCUT2D eigenvalue weighted by molar-refractivity contribution is -0.432. The van der Waals surface area contributed by atoms with Crippen LogP contribution in [0, 0.1) is 0 Å². The molecule has 0 bridgehead atoms. The molecule has 8 nitrogen and oxygen atoms in total. The Morgan fingerprint density at radius 3 is 2.83 bits per heavy atom. The number of nitrogens with zero attached hydrogens (tertiary/aromatic N) is 2. The zero-order chi connectivity index (χ0) is 16.7. The summed E-state index contributed by atoms with van der Waals surface area (Å²) in [6, 6.07) is 11.8. The lowest BCUT2D eigenvalue weighted by Gasteiger charge is -2.06. The number of rotatable bonds is 6. The zero-order valence-corrected chi connectivity index (χ0v) is 12.9. The van der Waals surface area contributed by atoms with Crippen LogP contribution in [0.5, 0.6) is 0 Å². The third-order valence-electron chi connectivity index (χ3n) is 2.58. The van der Waals surface area contributed by atoms with Crippen molar-refractivity contribution >= 4 is 40.7 Å². The largest absolute Gasteiger partial charge is 0.399 e. The summed E-state index contributed by atoms with van der Waals surface area (Å²) in [6.07, 6.45) is 0. The summed E-state index contributed by atoms with van der Waals surface area (Å²) in [5, 5.41) is 22.5. The van der Waals surface area contributed by atoms with Crippen LogP contribution >= 0.6 is 12.0 Å². The van der Waals surface area contributed by atoms with Crippen LogP contribution in [0.2, 0.25) is 0 Å². The van der Waals surface area contributed by atoms with Crippen molar-refractivity contribution in [1.29, 1.82) is 0 Å². The molecule has 4 N–H and O–H groups in total. The lowest BCUT2D eigenvalue weighted by atomic mass is 10.2. The van der Waals surface area contributed by atoms with Crippen LogP contribution in [-0.2, 0) is 14.2 Å². The maximum atomic E-state index is 11.2. The van der Waals surface area contributed by atoms with Crippen LogP contribution in [0.15, 0.2) is 57.6 Å². The molecule has 0 unspecified atom stereocenters. The minimum Gasteiger partial charge on any atom is -0.399 e. The highest BCUT2D eigenvalue weighted by Gasteiger charge is 2.04. The van der Waals surface area contributed by atoms with Gasteiger partial charge in [0, 0.05) is 17.5 Å². The van der Waals surface area contributed by atoms with E-state index in [1.165, 1.54) is 6.92 Å². The van der Waals surface area contributed by atoms with E-state index in [4.69, 9.17) is 11.0 Å². The van der Waals surface area contributed by atoms with Crippen LogP contribution in [-0.4, -0.2) is 11.2 Å². The number of nitrogen functional groups attached to an aromatic ring is 1. The number of anilines is 2. The second-order valence-corrected chi connectivity index (χ2v) is 5.16. The standard InChI is InChI=1S/C14H14N4O4S/c1-9(19)16-14-7-10(15)5-6-13(14)18-17-11-3-2-4-12(8-11)23-22-21-20/h2-8,20H,15H2,1H3,(H,16,19)/b18-17+. The number of benzene rings is 2. The van der Waals surface area contributed by atoms with Crippen molar-refractivity contribution in [2.45, 2.75) is 11.8 Å². The molecule has 0 saturated heterocycles. The van der Waals surface area contributed by atoms with Crippen LogP contribution in [0.3, 0.4) is 0 Å². The Balaban J connectivity index is 2.21. The summed E-state index contributed by atoms with van der Waals surface area (Å²) in [5.74, 6) is -0.230. The van der Waals surface area contributed by atoms with Crippen molar-refractivity contribution in [3.63, 3.8) is 0 Å². The third kappa shape index (κ3) is 5.34. The number of hydrogen-bond donors (Lipinski definition) is 3. The first-order valence-corrected chi connectivity index (χ1v) is 7.16. The second kappa shape index (κ2) is 8.25. The van der Waals surface area contributed by atoms with Crippen molar-refractivity contribution in [2.24, 2.45) is 10.2 Å². The third-order valence-corrected chi connectivity index (χ3v) is 3.16. The molecule has 2 aromatic carbocycles. The summed E-state index contributed by atoms with van der Waals surface area (Å²) in [5.41, 5.74) is 7.72. The van der Waals surface area contributed by atoms with Gasteiger partial charge in [0.15, 0.2) is 0 Å². The molecule has 120 valence electrons. The van der Waals surface area contributed by atoms with Gasteiger partial charge in [0.05, 0.1) is 23.4 Å². The van der Waals surface area contributed by atoms with E-state index in [1.54, 1.807) is 42.5 Å². The molecule has 2 rings (SSSR count). The number of hydrogen-bond acceptors (Lipinski definition) is 8. The Kier molecular flexibility index (Phi) is 6.06. The van der Waals surface area contributed by atoms with Crippen molar-refractivity contribution in [3.8, 4) is 0 Å². The van der Waals surface area contributed by atoms with Gasteiger partial charge in [-0.2, -0.15) is 5.11 Å². The molecule has 0 aromatic heterocycles. The predicted octanol–water partition coefficient (Wildman–Crippen LogP) is 4.07. The minimum absolute atomic E-state index is 0.230. The van der Waals surface area contributed by atoms with E-state index in [1.807, 2.05) is 0 Å². The first-order valence-electron chi connectivity index (χ1n) is 6.42. The molecule has 0 aliphatic rings. The van der Waals surface area contributed by atoms with E-state index < -0.39 is 0 Å². The Hall–Kier alpha value is -2.46. The molecule has 1 amide bonds. The highest BCUT2D eigenvalue weighted by atomic mass is 32.2. The van der Waals surface area contributed by atoms with Gasteiger partial charge in [0.1, 0.15) is 5.69 Å². The maximum absolute atomic E-state index is 11.2. The fraction of sp³-hybridized carbons (Fsp3) is 0.0714. The molecular formula is C14H14N4O4S. The number of azo groups is 1. The fourth-order valence-electron chi connectivity index (χ4n) is 1.69. The number of nitrogens with one attached hydrogen (secondary N) is 1. The van der Waals surface area contributed by atoms with E-state index in [9.17, 15) is 4.79 Å². The van der Waals surface area contributed by atoms with Crippen LogP contribution in [0.25, 0.3) is 0 Å². The maximum Gasteiger partial charge on any atom is 0.221 e. The van der Waals surface area contributed by atoms with Gasteiger partial charge in [-0.15, -0.1) is 9.45 Å². The van der Waals surface area contributed by atoms with Gasteiger partial charge in [0.2, 0.25) is 5.91 Å². The quantitative estimate of drug-likeness (QED) is 0.241. The fourth-order valence-corrected chi connectivity index (χ4v) is 2.11. The SMILES string of the molecule is CC(=O)Nc1cc(N)ccc1/N=N/c1cccc(SOOO)c1. The van der Waals surface area contributed by atoms with E-state index in [0.29, 0.717) is 27.6 Å². The van der Waals surface area contributed by atoms with Gasteiger partial charge in [-0.25, -0.2) is 5.26 Å². The van der Waals surface area contributed by atoms with E-state index in [-0.39, 0.29) is 5.91 Å². The number of nitrogens with two attached hydrogens (primary N) is 1.